The molecule has 0 fully saturated rings. The fraction of sp³-hybridized carbons (Fsp3) is 0.182. The van der Waals surface area contributed by atoms with Gasteiger partial charge in [0, 0.05) is 16.6 Å². The van der Waals surface area contributed by atoms with Gasteiger partial charge in [-0.15, -0.1) is 0 Å². The quantitative estimate of drug-likeness (QED) is 0.621. The van der Waals surface area contributed by atoms with Gasteiger partial charge in [0.1, 0.15) is 0 Å². The second-order valence-corrected chi connectivity index (χ2v) is 3.65. The predicted octanol–water partition coefficient (Wildman–Crippen LogP) is 3.51. The molecule has 0 bridgehead atoms. The van der Waals surface area contributed by atoms with Crippen LogP contribution < -0.4 is 0 Å². The molecule has 66 valence electrons. The molecular weight excluding hydrogens is 182 g/mol. The first kappa shape index (κ1) is 8.52. The van der Waals surface area contributed by atoms with E-state index in [0.29, 0.717) is 0 Å². The van der Waals surface area contributed by atoms with Crippen molar-refractivity contribution in [3.8, 4) is 0 Å². The van der Waals surface area contributed by atoms with Crippen molar-refractivity contribution in [1.29, 1.82) is 0 Å². The van der Waals surface area contributed by atoms with Crippen molar-refractivity contribution in [2.45, 2.75) is 13.8 Å². The first-order valence-electron chi connectivity index (χ1n) is 4.20. The SMILES string of the molecule is Cc1cc2c(C)ccnc2cc1Cl. The minimum Gasteiger partial charge on any atom is -0.256 e. The third-order valence-corrected chi connectivity index (χ3v) is 2.65. The Bertz CT molecular complexity index is 463. The Kier molecular flexibility index (Phi) is 1.97. The van der Waals surface area contributed by atoms with Gasteiger partial charge in [0.2, 0.25) is 0 Å². The summed E-state index contributed by atoms with van der Waals surface area (Å²) in [4.78, 5) is 4.26. The summed E-state index contributed by atoms with van der Waals surface area (Å²) in [5.41, 5.74) is 3.31. The topological polar surface area (TPSA) is 12.9 Å². The number of benzene rings is 1. The second kappa shape index (κ2) is 3.00. The van der Waals surface area contributed by atoms with E-state index in [0.717, 1.165) is 16.1 Å². The van der Waals surface area contributed by atoms with E-state index >= 15 is 0 Å². The van der Waals surface area contributed by atoms with Crippen LogP contribution in [0.4, 0.5) is 0 Å². The maximum absolute atomic E-state index is 6.00. The Morgan fingerprint density at radius 2 is 1.92 bits per heavy atom. The summed E-state index contributed by atoms with van der Waals surface area (Å²) in [5, 5.41) is 1.97. The highest BCUT2D eigenvalue weighted by Gasteiger charge is 2.01. The molecule has 2 rings (SSSR count). The van der Waals surface area contributed by atoms with Crippen LogP contribution in [0.25, 0.3) is 10.9 Å². The van der Waals surface area contributed by atoms with Gasteiger partial charge in [-0.05, 0) is 43.2 Å². The van der Waals surface area contributed by atoms with Crippen LogP contribution in [-0.4, -0.2) is 4.98 Å². The first-order chi connectivity index (χ1) is 6.18. The normalized spacial score (nSPS) is 10.7. The van der Waals surface area contributed by atoms with Gasteiger partial charge in [0.05, 0.1) is 5.52 Å². The number of hydrogen-bond donors (Lipinski definition) is 0. The monoisotopic (exact) mass is 191 g/mol. The molecule has 1 aromatic heterocycles. The van der Waals surface area contributed by atoms with E-state index < -0.39 is 0 Å². The zero-order valence-corrected chi connectivity index (χ0v) is 8.39. The van der Waals surface area contributed by atoms with E-state index in [1.165, 1.54) is 10.9 Å². The van der Waals surface area contributed by atoms with E-state index in [1.54, 1.807) is 0 Å². The van der Waals surface area contributed by atoms with Crippen molar-refractivity contribution in [3.63, 3.8) is 0 Å². The van der Waals surface area contributed by atoms with E-state index in [9.17, 15) is 0 Å². The van der Waals surface area contributed by atoms with E-state index in [2.05, 4.69) is 18.0 Å². The standard InChI is InChI=1S/C11H10ClN/c1-7-3-4-13-11-6-10(12)8(2)5-9(7)11/h3-6H,1-2H3. The molecule has 0 atom stereocenters. The molecule has 0 saturated heterocycles. The van der Waals surface area contributed by atoms with E-state index in [-0.39, 0.29) is 0 Å². The molecule has 0 spiro atoms. The lowest BCUT2D eigenvalue weighted by atomic mass is 10.1. The van der Waals surface area contributed by atoms with Crippen molar-refractivity contribution in [1.82, 2.24) is 4.98 Å². The van der Waals surface area contributed by atoms with Gasteiger partial charge in [-0.25, -0.2) is 0 Å². The smallest absolute Gasteiger partial charge is 0.0719 e. The molecule has 0 aliphatic heterocycles. The van der Waals surface area contributed by atoms with Crippen molar-refractivity contribution >= 4 is 22.5 Å². The summed E-state index contributed by atoms with van der Waals surface area (Å²) < 4.78 is 0. The zero-order chi connectivity index (χ0) is 9.42. The van der Waals surface area contributed by atoms with Crippen LogP contribution in [0.5, 0.6) is 0 Å². The maximum atomic E-state index is 6.00. The van der Waals surface area contributed by atoms with Gasteiger partial charge in [-0.2, -0.15) is 0 Å². The Labute approximate surface area is 82.4 Å². The van der Waals surface area contributed by atoms with Gasteiger partial charge >= 0.3 is 0 Å². The van der Waals surface area contributed by atoms with Crippen LogP contribution in [0.15, 0.2) is 24.4 Å². The second-order valence-electron chi connectivity index (χ2n) is 3.25. The average Bonchev–Trinajstić information content (AvgIpc) is 2.09. The lowest BCUT2D eigenvalue weighted by Gasteiger charge is -2.03. The number of nitrogens with zero attached hydrogens (tertiary/aromatic N) is 1. The molecule has 0 unspecified atom stereocenters. The number of pyridine rings is 1. The molecule has 0 saturated carbocycles. The van der Waals surface area contributed by atoms with Crippen LogP contribution in [-0.2, 0) is 0 Å². The van der Waals surface area contributed by atoms with Gasteiger partial charge in [0.25, 0.3) is 0 Å². The molecule has 0 aliphatic carbocycles. The zero-order valence-electron chi connectivity index (χ0n) is 7.63. The molecule has 13 heavy (non-hydrogen) atoms. The third-order valence-electron chi connectivity index (χ3n) is 2.24. The first-order valence-corrected chi connectivity index (χ1v) is 4.58. The molecule has 0 N–H and O–H groups in total. The van der Waals surface area contributed by atoms with E-state index in [1.807, 2.05) is 25.3 Å². The molecule has 1 aromatic carbocycles. The highest BCUT2D eigenvalue weighted by Crippen LogP contribution is 2.23. The largest absolute Gasteiger partial charge is 0.256 e. The minimum absolute atomic E-state index is 0.783. The van der Waals surface area contributed by atoms with Crippen LogP contribution in [0.2, 0.25) is 5.02 Å². The van der Waals surface area contributed by atoms with Crippen LogP contribution >= 0.6 is 11.6 Å². The van der Waals surface area contributed by atoms with Crippen molar-refractivity contribution in [2.75, 3.05) is 0 Å². The summed E-state index contributed by atoms with van der Waals surface area (Å²) >= 11 is 6.00. The van der Waals surface area contributed by atoms with Crippen LogP contribution in [0, 0.1) is 13.8 Å². The number of aryl methyl sites for hydroxylation is 2. The predicted molar refractivity (Wildman–Crippen MR) is 56.2 cm³/mol. The Balaban J connectivity index is 2.89. The summed E-state index contributed by atoms with van der Waals surface area (Å²) in [5.74, 6) is 0. The summed E-state index contributed by atoms with van der Waals surface area (Å²) in [6.45, 7) is 4.09. The molecule has 2 heteroatoms. The number of aromatic nitrogens is 1. The molecule has 0 amide bonds. The molecule has 0 radical (unpaired) electrons. The fourth-order valence-corrected chi connectivity index (χ4v) is 1.57. The molecular formula is C11H10ClN. The number of hydrogen-bond acceptors (Lipinski definition) is 1. The molecule has 0 aliphatic rings. The lowest BCUT2D eigenvalue weighted by molar-refractivity contribution is 1.35. The molecule has 2 aromatic rings. The average molecular weight is 192 g/mol. The van der Waals surface area contributed by atoms with Gasteiger partial charge in [-0.1, -0.05) is 11.6 Å². The Morgan fingerprint density at radius 1 is 1.15 bits per heavy atom. The Morgan fingerprint density at radius 3 is 2.69 bits per heavy atom. The van der Waals surface area contributed by atoms with Crippen molar-refractivity contribution in [2.24, 2.45) is 0 Å². The third kappa shape index (κ3) is 1.40. The van der Waals surface area contributed by atoms with Crippen molar-refractivity contribution in [3.05, 3.63) is 40.5 Å². The van der Waals surface area contributed by atoms with Crippen LogP contribution in [0.1, 0.15) is 11.1 Å². The maximum Gasteiger partial charge on any atom is 0.0719 e. The van der Waals surface area contributed by atoms with Gasteiger partial charge in [0.15, 0.2) is 0 Å². The van der Waals surface area contributed by atoms with E-state index in [4.69, 9.17) is 11.6 Å². The number of fused-ring (bicyclic) bond motifs is 1. The summed E-state index contributed by atoms with van der Waals surface area (Å²) in [6.07, 6.45) is 1.81. The summed E-state index contributed by atoms with van der Waals surface area (Å²) in [6, 6.07) is 6.01. The van der Waals surface area contributed by atoms with Crippen LogP contribution in [0.3, 0.4) is 0 Å². The minimum atomic E-state index is 0.783. The molecule has 1 nitrogen and oxygen atoms in total. The Hall–Kier alpha value is -1.08. The highest BCUT2D eigenvalue weighted by atomic mass is 35.5. The summed E-state index contributed by atoms with van der Waals surface area (Å²) in [7, 11) is 0. The number of rotatable bonds is 0. The fourth-order valence-electron chi connectivity index (χ4n) is 1.41. The van der Waals surface area contributed by atoms with Crippen molar-refractivity contribution < 1.29 is 0 Å². The van der Waals surface area contributed by atoms with Gasteiger partial charge < -0.3 is 0 Å². The van der Waals surface area contributed by atoms with Gasteiger partial charge in [-0.3, -0.25) is 4.98 Å². The number of halogens is 1. The molecule has 1 heterocycles. The highest BCUT2D eigenvalue weighted by molar-refractivity contribution is 6.32. The lowest BCUT2D eigenvalue weighted by Crippen LogP contribution is -1.84.